The molecule has 0 saturated carbocycles. The van der Waals surface area contributed by atoms with Crippen LogP contribution in [0.2, 0.25) is 0 Å². The molecule has 0 fully saturated rings. The number of hydrogen-bond acceptors (Lipinski definition) is 4. The zero-order valence-electron chi connectivity index (χ0n) is 23.5. The minimum atomic E-state index is -4.94. The van der Waals surface area contributed by atoms with Crippen molar-refractivity contribution in [2.75, 3.05) is 0 Å². The normalized spacial score (nSPS) is 11.5. The molecular formula is C33H26F3N3O4. The Bertz CT molecular complexity index is 1980. The number of alkyl halides is 3. The minimum absolute atomic E-state index is 0.0377. The number of carboxylic acids is 1. The molecule has 2 N–H and O–H groups in total. The first kappa shape index (κ1) is 29.2. The molecule has 218 valence electrons. The van der Waals surface area contributed by atoms with Gasteiger partial charge in [-0.25, -0.2) is 4.79 Å². The molecule has 0 amide bonds. The molecule has 43 heavy (non-hydrogen) atoms. The van der Waals surface area contributed by atoms with Crippen LogP contribution in [0.15, 0.2) is 71.5 Å². The van der Waals surface area contributed by atoms with Crippen molar-refractivity contribution in [3.63, 3.8) is 0 Å². The van der Waals surface area contributed by atoms with E-state index in [2.05, 4.69) is 4.98 Å². The number of nitrogens with one attached hydrogen (secondary N) is 1. The van der Waals surface area contributed by atoms with Crippen molar-refractivity contribution in [1.29, 1.82) is 5.26 Å². The van der Waals surface area contributed by atoms with E-state index in [0.29, 0.717) is 33.5 Å². The molecule has 10 heteroatoms. The van der Waals surface area contributed by atoms with Gasteiger partial charge in [-0.1, -0.05) is 23.8 Å². The third-order valence-corrected chi connectivity index (χ3v) is 7.33. The first-order valence-electron chi connectivity index (χ1n) is 13.4. The molecule has 0 bridgehead atoms. The smallest absolute Gasteiger partial charge is 0.418 e. The third kappa shape index (κ3) is 5.62. The highest BCUT2D eigenvalue weighted by Crippen LogP contribution is 2.40. The van der Waals surface area contributed by atoms with Crippen LogP contribution in [-0.4, -0.2) is 20.6 Å². The van der Waals surface area contributed by atoms with Crippen molar-refractivity contribution in [3.05, 3.63) is 116 Å². The molecule has 3 aromatic carbocycles. The lowest BCUT2D eigenvalue weighted by atomic mass is 9.90. The maximum atomic E-state index is 14.6. The molecule has 0 aliphatic carbocycles. The molecule has 5 rings (SSSR count). The maximum absolute atomic E-state index is 14.6. The van der Waals surface area contributed by atoms with Gasteiger partial charge in [0.1, 0.15) is 28.8 Å². The predicted octanol–water partition coefficient (Wildman–Crippen LogP) is 7.61. The fourth-order valence-electron chi connectivity index (χ4n) is 5.33. The zero-order valence-corrected chi connectivity index (χ0v) is 23.5. The Morgan fingerprint density at radius 2 is 1.72 bits per heavy atom. The lowest BCUT2D eigenvalue weighted by Crippen LogP contribution is -2.30. The number of H-pyrrole nitrogens is 1. The topological polar surface area (TPSA) is 108 Å². The second-order valence-electron chi connectivity index (χ2n) is 10.2. The number of rotatable bonds is 7. The molecule has 0 spiro atoms. The number of carbonyl (C=O) groups is 1. The van der Waals surface area contributed by atoms with Crippen LogP contribution in [0.25, 0.3) is 22.2 Å². The molecule has 2 heterocycles. The monoisotopic (exact) mass is 585 g/mol. The van der Waals surface area contributed by atoms with Crippen molar-refractivity contribution in [1.82, 2.24) is 9.55 Å². The first-order chi connectivity index (χ1) is 20.4. The molecule has 0 atom stereocenters. The number of nitrogens with zero attached hydrogens (tertiary/aromatic N) is 2. The third-order valence-electron chi connectivity index (χ3n) is 7.33. The molecule has 2 aromatic heterocycles. The van der Waals surface area contributed by atoms with Gasteiger partial charge in [0.15, 0.2) is 0 Å². The Labute approximate surface area is 244 Å². The van der Waals surface area contributed by atoms with Crippen LogP contribution in [0.3, 0.4) is 0 Å². The van der Waals surface area contributed by atoms with Crippen molar-refractivity contribution in [2.24, 2.45) is 0 Å². The lowest BCUT2D eigenvalue weighted by molar-refractivity contribution is -0.138. The predicted molar refractivity (Wildman–Crippen MR) is 156 cm³/mol. The van der Waals surface area contributed by atoms with Gasteiger partial charge in [0, 0.05) is 29.9 Å². The average molecular weight is 586 g/mol. The van der Waals surface area contributed by atoms with Gasteiger partial charge in [-0.2, -0.15) is 18.4 Å². The number of nitriles is 1. The fraction of sp³-hybridized carbons (Fsp3) is 0.182. The zero-order chi connectivity index (χ0) is 31.1. The Hall–Kier alpha value is -5.30. The summed E-state index contributed by atoms with van der Waals surface area (Å²) in [5, 5.41) is 19.6. The molecule has 0 aliphatic rings. The average Bonchev–Trinajstić information content (AvgIpc) is 3.38. The highest BCUT2D eigenvalue weighted by atomic mass is 19.4. The highest BCUT2D eigenvalue weighted by Gasteiger charge is 2.40. The van der Waals surface area contributed by atoms with E-state index in [-0.39, 0.29) is 29.9 Å². The summed E-state index contributed by atoms with van der Waals surface area (Å²) in [6, 6.07) is 19.8. The van der Waals surface area contributed by atoms with Crippen LogP contribution in [0, 0.1) is 25.2 Å². The molecule has 0 unspecified atom stereocenters. The van der Waals surface area contributed by atoms with Gasteiger partial charge in [-0.3, -0.25) is 4.79 Å². The number of ether oxygens (including phenoxy) is 1. The van der Waals surface area contributed by atoms with Gasteiger partial charge >= 0.3 is 12.1 Å². The van der Waals surface area contributed by atoms with E-state index < -0.39 is 28.8 Å². The van der Waals surface area contributed by atoms with Crippen molar-refractivity contribution >= 4 is 16.9 Å². The maximum Gasteiger partial charge on any atom is 0.418 e. The summed E-state index contributed by atoms with van der Waals surface area (Å²) in [5.74, 6) is -0.301. The summed E-state index contributed by atoms with van der Waals surface area (Å²) in [7, 11) is 0. The van der Waals surface area contributed by atoms with Gasteiger partial charge in [0.2, 0.25) is 0 Å². The number of fused-ring (bicyclic) bond motifs is 1. The summed E-state index contributed by atoms with van der Waals surface area (Å²) in [5.41, 5.74) is 0.132. The number of pyridine rings is 1. The van der Waals surface area contributed by atoms with Crippen molar-refractivity contribution in [2.45, 2.75) is 39.9 Å². The van der Waals surface area contributed by atoms with Gasteiger partial charge in [-0.05, 0) is 85.5 Å². The number of carboxylic acid groups (broad SMARTS) is 1. The van der Waals surface area contributed by atoms with Crippen molar-refractivity contribution < 1.29 is 27.8 Å². The number of aryl methyl sites for hydroxylation is 2. The van der Waals surface area contributed by atoms with Gasteiger partial charge < -0.3 is 19.4 Å². The van der Waals surface area contributed by atoms with Crippen LogP contribution < -0.4 is 10.3 Å². The minimum Gasteiger partial charge on any atom is -0.477 e. The Morgan fingerprint density at radius 3 is 2.33 bits per heavy atom. The summed E-state index contributed by atoms with van der Waals surface area (Å²) >= 11 is 0. The van der Waals surface area contributed by atoms with E-state index in [1.807, 2.05) is 26.0 Å². The van der Waals surface area contributed by atoms with E-state index >= 15 is 0 Å². The van der Waals surface area contributed by atoms with E-state index in [1.165, 1.54) is 16.7 Å². The van der Waals surface area contributed by atoms with Crippen LogP contribution in [0.1, 0.15) is 50.8 Å². The summed E-state index contributed by atoms with van der Waals surface area (Å²) in [4.78, 5) is 27.3. The van der Waals surface area contributed by atoms with Crippen LogP contribution in [-0.2, 0) is 19.1 Å². The van der Waals surface area contributed by atoms with Crippen LogP contribution in [0.5, 0.6) is 11.5 Å². The van der Waals surface area contributed by atoms with Gasteiger partial charge in [-0.15, -0.1) is 0 Å². The Morgan fingerprint density at radius 1 is 1.02 bits per heavy atom. The number of aromatic carboxylic acids is 1. The van der Waals surface area contributed by atoms with Gasteiger partial charge in [0.25, 0.3) is 5.56 Å². The summed E-state index contributed by atoms with van der Waals surface area (Å²) < 4.78 is 50.9. The van der Waals surface area contributed by atoms with Gasteiger partial charge in [0.05, 0.1) is 11.3 Å². The van der Waals surface area contributed by atoms with E-state index in [1.54, 1.807) is 55.5 Å². The van der Waals surface area contributed by atoms with Crippen LogP contribution in [0.4, 0.5) is 13.2 Å². The Kier molecular flexibility index (Phi) is 7.59. The van der Waals surface area contributed by atoms with Crippen molar-refractivity contribution in [3.8, 4) is 28.8 Å². The number of benzene rings is 3. The number of aromatic amines is 1. The molecule has 7 nitrogen and oxygen atoms in total. The molecule has 0 aliphatic heterocycles. The molecule has 0 saturated heterocycles. The highest BCUT2D eigenvalue weighted by molar-refractivity contribution is 5.94. The quantitative estimate of drug-likeness (QED) is 0.204. The molecular weight excluding hydrogens is 559 g/mol. The second-order valence-corrected chi connectivity index (χ2v) is 10.2. The van der Waals surface area contributed by atoms with E-state index in [4.69, 9.17) is 4.74 Å². The summed E-state index contributed by atoms with van der Waals surface area (Å²) in [6.07, 6.45) is -5.09. The second kappa shape index (κ2) is 11.2. The van der Waals surface area contributed by atoms with E-state index in [9.17, 15) is 33.1 Å². The van der Waals surface area contributed by atoms with E-state index in [0.717, 1.165) is 11.1 Å². The molecule has 5 aromatic rings. The standard InChI is InChI=1S/C33H26F3N3O4/c1-4-39-30(20-7-10-23(11-8-20)43-24-12-9-22-15-28(32(41)42)38-27(22)16-24)25(14-21-6-5-18(2)13-19(21)3)29(33(34,35)36)26(17-37)31(39)40/h5-13,15-16,38H,4,14H2,1-3H3,(H,41,42). The first-order valence-corrected chi connectivity index (χ1v) is 13.4. The number of hydrogen-bond donors (Lipinski definition) is 2. The largest absolute Gasteiger partial charge is 0.477 e. The fourth-order valence-corrected chi connectivity index (χ4v) is 5.33. The SMILES string of the molecule is CCn1c(-c2ccc(Oc3ccc4cc(C(=O)O)[nH]c4c3)cc2)c(Cc2ccc(C)cc2C)c(C(F)(F)F)c(C#N)c1=O. The molecule has 0 radical (unpaired) electrons. The number of halogens is 3. The number of aromatic nitrogens is 2. The summed E-state index contributed by atoms with van der Waals surface area (Å²) in [6.45, 7) is 5.40. The lowest BCUT2D eigenvalue weighted by Gasteiger charge is -2.23. The Balaban J connectivity index is 1.62. The van der Waals surface area contributed by atoms with Crippen LogP contribution >= 0.6 is 0 Å².